The van der Waals surface area contributed by atoms with Crippen LogP contribution in [0, 0.1) is 5.82 Å². The van der Waals surface area contributed by atoms with Crippen molar-refractivity contribution in [2.24, 2.45) is 0 Å². The Morgan fingerprint density at radius 3 is 2.69 bits per heavy atom. The summed E-state index contributed by atoms with van der Waals surface area (Å²) in [6.45, 7) is 3.71. The molecular weight excluding hydrogens is 443 g/mol. The zero-order valence-corrected chi connectivity index (χ0v) is 18.9. The molecule has 0 unspecified atom stereocenters. The molecule has 8 nitrogen and oxygen atoms in total. The Morgan fingerprint density at radius 1 is 0.943 bits per heavy atom. The van der Waals surface area contributed by atoms with Crippen molar-refractivity contribution in [2.45, 2.75) is 13.5 Å². The van der Waals surface area contributed by atoms with Crippen LogP contribution in [0.1, 0.15) is 12.5 Å². The Bertz CT molecular complexity index is 1670. The third-order valence-corrected chi connectivity index (χ3v) is 5.91. The van der Waals surface area contributed by atoms with Crippen molar-refractivity contribution in [3.8, 4) is 33.8 Å². The van der Waals surface area contributed by atoms with Gasteiger partial charge in [0, 0.05) is 53.6 Å². The van der Waals surface area contributed by atoms with Gasteiger partial charge in [0.05, 0.1) is 17.1 Å². The van der Waals surface area contributed by atoms with Gasteiger partial charge in [-0.25, -0.2) is 14.4 Å². The minimum Gasteiger partial charge on any atom is -0.335 e. The predicted octanol–water partition coefficient (Wildman–Crippen LogP) is 4.87. The summed E-state index contributed by atoms with van der Waals surface area (Å²) in [5, 5.41) is 11.6. The molecule has 0 fully saturated rings. The van der Waals surface area contributed by atoms with E-state index in [9.17, 15) is 4.39 Å². The lowest BCUT2D eigenvalue weighted by Gasteiger charge is -2.05. The number of aromatic nitrogens is 7. The van der Waals surface area contributed by atoms with Gasteiger partial charge in [0.15, 0.2) is 11.5 Å². The molecule has 0 aliphatic heterocycles. The van der Waals surface area contributed by atoms with Crippen molar-refractivity contribution in [1.82, 2.24) is 40.4 Å². The standard InChI is InChI=1S/C26H21FN8/c1-2-28-9-15-7-16(11-29-10-15)17-8-19-24(34-35-25(19)31-12-17)26-32-22-14-30-13-20(23(22)33-26)18-5-3-4-6-21(18)27/h3-8,10-14,28H,2,9H2,1H3,(H,32,33)(H,31,34,35). The molecule has 0 aliphatic rings. The minimum atomic E-state index is -0.324. The molecule has 0 radical (unpaired) electrons. The lowest BCUT2D eigenvalue weighted by molar-refractivity contribution is 0.631. The highest BCUT2D eigenvalue weighted by Gasteiger charge is 2.18. The van der Waals surface area contributed by atoms with Crippen molar-refractivity contribution in [3.63, 3.8) is 0 Å². The first-order valence-corrected chi connectivity index (χ1v) is 11.3. The summed E-state index contributed by atoms with van der Waals surface area (Å²) in [4.78, 5) is 21.3. The molecule has 5 heterocycles. The Labute approximate surface area is 199 Å². The number of rotatable bonds is 6. The normalized spacial score (nSPS) is 11.5. The Kier molecular flexibility index (Phi) is 5.23. The Balaban J connectivity index is 1.45. The van der Waals surface area contributed by atoms with Gasteiger partial charge >= 0.3 is 0 Å². The first-order chi connectivity index (χ1) is 17.2. The fourth-order valence-electron chi connectivity index (χ4n) is 4.18. The molecule has 1 aromatic carbocycles. The first-order valence-electron chi connectivity index (χ1n) is 11.3. The maximum atomic E-state index is 14.5. The summed E-state index contributed by atoms with van der Waals surface area (Å²) >= 11 is 0. The lowest BCUT2D eigenvalue weighted by Crippen LogP contribution is -2.11. The van der Waals surface area contributed by atoms with Crippen LogP contribution in [0.5, 0.6) is 0 Å². The molecular formula is C26H21FN8. The van der Waals surface area contributed by atoms with Crippen molar-refractivity contribution >= 4 is 22.1 Å². The maximum absolute atomic E-state index is 14.5. The second-order valence-corrected chi connectivity index (χ2v) is 8.20. The van der Waals surface area contributed by atoms with E-state index < -0.39 is 0 Å². The van der Waals surface area contributed by atoms with Gasteiger partial charge in [-0.05, 0) is 30.3 Å². The Morgan fingerprint density at radius 2 is 1.80 bits per heavy atom. The molecule has 0 bridgehead atoms. The van der Waals surface area contributed by atoms with E-state index in [-0.39, 0.29) is 5.82 Å². The molecule has 3 N–H and O–H groups in total. The van der Waals surface area contributed by atoms with Crippen molar-refractivity contribution in [3.05, 3.63) is 78.8 Å². The molecule has 0 saturated carbocycles. The summed E-state index contributed by atoms with van der Waals surface area (Å²) < 4.78 is 14.5. The number of H-pyrrole nitrogens is 2. The van der Waals surface area contributed by atoms with Gasteiger partial charge in [-0.3, -0.25) is 15.1 Å². The molecule has 9 heteroatoms. The van der Waals surface area contributed by atoms with Crippen LogP contribution in [0.25, 0.3) is 55.8 Å². The fraction of sp³-hybridized carbons (Fsp3) is 0.115. The van der Waals surface area contributed by atoms with E-state index in [2.05, 4.69) is 48.4 Å². The highest BCUT2D eigenvalue weighted by molar-refractivity contribution is 5.96. The van der Waals surface area contributed by atoms with Crippen molar-refractivity contribution < 1.29 is 4.39 Å². The van der Waals surface area contributed by atoms with Gasteiger partial charge in [-0.2, -0.15) is 5.10 Å². The number of nitrogens with one attached hydrogen (secondary N) is 3. The molecule has 0 saturated heterocycles. The summed E-state index contributed by atoms with van der Waals surface area (Å²) in [6.07, 6.45) is 8.79. The van der Waals surface area contributed by atoms with Gasteiger partial charge in [0.1, 0.15) is 17.0 Å². The lowest BCUT2D eigenvalue weighted by atomic mass is 10.1. The highest BCUT2D eigenvalue weighted by atomic mass is 19.1. The number of fused-ring (bicyclic) bond motifs is 2. The monoisotopic (exact) mass is 464 g/mol. The third-order valence-electron chi connectivity index (χ3n) is 5.91. The molecule has 0 aliphatic carbocycles. The molecule has 5 aromatic heterocycles. The van der Waals surface area contributed by atoms with E-state index in [1.54, 1.807) is 36.8 Å². The zero-order chi connectivity index (χ0) is 23.8. The number of imidazole rings is 1. The Hall–Kier alpha value is -4.50. The van der Waals surface area contributed by atoms with Crippen LogP contribution in [-0.4, -0.2) is 41.7 Å². The van der Waals surface area contributed by atoms with Gasteiger partial charge in [0.25, 0.3) is 0 Å². The molecule has 6 rings (SSSR count). The van der Waals surface area contributed by atoms with Crippen LogP contribution in [-0.2, 0) is 6.54 Å². The number of hydrogen-bond acceptors (Lipinski definition) is 6. The molecule has 172 valence electrons. The predicted molar refractivity (Wildman–Crippen MR) is 133 cm³/mol. The summed E-state index contributed by atoms with van der Waals surface area (Å²) in [5.41, 5.74) is 6.66. The number of nitrogens with zero attached hydrogens (tertiary/aromatic N) is 5. The summed E-state index contributed by atoms with van der Waals surface area (Å²) in [7, 11) is 0. The second-order valence-electron chi connectivity index (χ2n) is 8.20. The topological polar surface area (TPSA) is 108 Å². The molecule has 0 spiro atoms. The fourth-order valence-corrected chi connectivity index (χ4v) is 4.18. The van der Waals surface area contributed by atoms with Crippen LogP contribution in [0.4, 0.5) is 4.39 Å². The van der Waals surface area contributed by atoms with Gasteiger partial charge in [-0.1, -0.05) is 25.1 Å². The van der Waals surface area contributed by atoms with Crippen LogP contribution >= 0.6 is 0 Å². The quantitative estimate of drug-likeness (QED) is 0.324. The van der Waals surface area contributed by atoms with E-state index in [1.165, 1.54) is 6.07 Å². The molecule has 0 amide bonds. The number of halogens is 1. The van der Waals surface area contributed by atoms with E-state index in [0.717, 1.165) is 35.2 Å². The SMILES string of the molecule is CCNCc1cncc(-c2cnc3[nH]nc(-c4nc5c(-c6ccccc6F)cncc5[nH]4)c3c2)c1. The third kappa shape index (κ3) is 3.81. The van der Waals surface area contributed by atoms with Crippen molar-refractivity contribution in [2.75, 3.05) is 6.54 Å². The van der Waals surface area contributed by atoms with Crippen LogP contribution in [0.15, 0.2) is 67.4 Å². The summed E-state index contributed by atoms with van der Waals surface area (Å²) in [6, 6.07) is 10.7. The molecule has 35 heavy (non-hydrogen) atoms. The van der Waals surface area contributed by atoms with E-state index in [0.29, 0.717) is 39.3 Å². The number of pyridine rings is 3. The number of hydrogen-bond donors (Lipinski definition) is 3. The van der Waals surface area contributed by atoms with Crippen LogP contribution < -0.4 is 5.32 Å². The molecule has 0 atom stereocenters. The average Bonchev–Trinajstić information content (AvgIpc) is 3.51. The van der Waals surface area contributed by atoms with Crippen LogP contribution in [0.2, 0.25) is 0 Å². The van der Waals surface area contributed by atoms with Crippen molar-refractivity contribution in [1.29, 1.82) is 0 Å². The highest BCUT2D eigenvalue weighted by Crippen LogP contribution is 2.32. The van der Waals surface area contributed by atoms with Gasteiger partial charge < -0.3 is 10.3 Å². The van der Waals surface area contributed by atoms with E-state index in [1.807, 2.05) is 18.5 Å². The second kappa shape index (κ2) is 8.69. The van der Waals surface area contributed by atoms with E-state index in [4.69, 9.17) is 4.98 Å². The first kappa shape index (κ1) is 21.1. The van der Waals surface area contributed by atoms with Crippen LogP contribution in [0.3, 0.4) is 0 Å². The zero-order valence-electron chi connectivity index (χ0n) is 18.9. The minimum absolute atomic E-state index is 0.324. The maximum Gasteiger partial charge on any atom is 0.159 e. The van der Waals surface area contributed by atoms with Gasteiger partial charge in [-0.15, -0.1) is 0 Å². The molecule has 6 aromatic rings. The number of aromatic amines is 2. The van der Waals surface area contributed by atoms with E-state index >= 15 is 0 Å². The average molecular weight is 465 g/mol. The summed E-state index contributed by atoms with van der Waals surface area (Å²) in [5.74, 6) is 0.227. The number of benzene rings is 1. The smallest absolute Gasteiger partial charge is 0.159 e. The largest absolute Gasteiger partial charge is 0.335 e. The van der Waals surface area contributed by atoms with Gasteiger partial charge in [0.2, 0.25) is 0 Å².